The van der Waals surface area contributed by atoms with Crippen LogP contribution in [-0.2, 0) is 4.74 Å². The number of carbonyl (C=O) groups is 1. The van der Waals surface area contributed by atoms with E-state index in [1.807, 2.05) is 60.7 Å². The summed E-state index contributed by atoms with van der Waals surface area (Å²) < 4.78 is 7.16. The molecule has 2 heterocycles. The number of aromatic nitrogens is 3. The first-order chi connectivity index (χ1) is 14.5. The van der Waals surface area contributed by atoms with Crippen LogP contribution >= 0.6 is 0 Å². The van der Waals surface area contributed by atoms with Crippen molar-refractivity contribution in [3.63, 3.8) is 0 Å². The number of hydrogen-bond acceptors (Lipinski definition) is 5. The number of morpholine rings is 1. The van der Waals surface area contributed by atoms with Gasteiger partial charge in [0.05, 0.1) is 18.9 Å². The van der Waals surface area contributed by atoms with Gasteiger partial charge in [0.15, 0.2) is 5.82 Å². The Hall–Kier alpha value is -3.03. The lowest BCUT2D eigenvalue weighted by Gasteiger charge is -2.40. The molecule has 7 heteroatoms. The van der Waals surface area contributed by atoms with Crippen LogP contribution in [0.2, 0.25) is 0 Å². The average molecular weight is 406 g/mol. The molecule has 1 amide bonds. The maximum Gasteiger partial charge on any atom is 0.291 e. The van der Waals surface area contributed by atoms with Crippen LogP contribution in [0.25, 0.3) is 17.1 Å². The van der Waals surface area contributed by atoms with Crippen molar-refractivity contribution in [1.29, 1.82) is 0 Å². The zero-order chi connectivity index (χ0) is 21.0. The zero-order valence-electron chi connectivity index (χ0n) is 17.4. The van der Waals surface area contributed by atoms with Crippen LogP contribution in [0.1, 0.15) is 24.5 Å². The highest BCUT2D eigenvalue weighted by molar-refractivity contribution is 5.91. The first kappa shape index (κ1) is 20.3. The SMILES string of the molecule is CC(C)(CNC(=O)c1nc(-c2ccccc2)n(-c2ccccc2)n1)N1CCOCC1. The van der Waals surface area contributed by atoms with Gasteiger partial charge in [0.1, 0.15) is 0 Å². The van der Waals surface area contributed by atoms with Gasteiger partial charge in [-0.15, -0.1) is 5.10 Å². The highest BCUT2D eigenvalue weighted by Crippen LogP contribution is 2.21. The number of rotatable bonds is 6. The standard InChI is InChI=1S/C23H27N5O2/c1-23(2,27-13-15-30-16-14-27)17-24-22(29)20-25-21(18-9-5-3-6-10-18)28(26-20)19-11-7-4-8-12-19/h3-12H,13-17H2,1-2H3,(H,24,29). The minimum absolute atomic E-state index is 0.162. The van der Waals surface area contributed by atoms with Gasteiger partial charge in [0.2, 0.25) is 5.82 Å². The third-order valence-corrected chi connectivity index (χ3v) is 5.39. The number of amides is 1. The van der Waals surface area contributed by atoms with Gasteiger partial charge in [-0.25, -0.2) is 9.67 Å². The van der Waals surface area contributed by atoms with Crippen molar-refractivity contribution >= 4 is 5.91 Å². The van der Waals surface area contributed by atoms with Gasteiger partial charge in [0.25, 0.3) is 5.91 Å². The highest BCUT2D eigenvalue weighted by atomic mass is 16.5. The third kappa shape index (κ3) is 4.42. The largest absolute Gasteiger partial charge is 0.379 e. The Labute approximate surface area is 176 Å². The smallest absolute Gasteiger partial charge is 0.291 e. The van der Waals surface area contributed by atoms with Gasteiger partial charge < -0.3 is 10.1 Å². The van der Waals surface area contributed by atoms with E-state index in [1.54, 1.807) is 4.68 Å². The molecule has 30 heavy (non-hydrogen) atoms. The Balaban J connectivity index is 1.56. The number of nitrogens with zero attached hydrogens (tertiary/aromatic N) is 4. The van der Waals surface area contributed by atoms with Crippen molar-refractivity contribution in [2.75, 3.05) is 32.8 Å². The molecule has 4 rings (SSSR count). The molecule has 0 spiro atoms. The van der Waals surface area contributed by atoms with E-state index in [4.69, 9.17) is 4.74 Å². The molecule has 1 aliphatic heterocycles. The fourth-order valence-corrected chi connectivity index (χ4v) is 3.59. The molecule has 0 unspecified atom stereocenters. The first-order valence-electron chi connectivity index (χ1n) is 10.2. The predicted octanol–water partition coefficient (Wildman–Crippen LogP) is 2.77. The molecule has 0 aliphatic carbocycles. The predicted molar refractivity (Wildman–Crippen MR) is 116 cm³/mol. The van der Waals surface area contributed by atoms with Gasteiger partial charge in [-0.2, -0.15) is 0 Å². The van der Waals surface area contributed by atoms with Crippen LogP contribution in [0.15, 0.2) is 60.7 Å². The quantitative estimate of drug-likeness (QED) is 0.683. The molecule has 1 saturated heterocycles. The molecule has 1 aliphatic rings. The lowest BCUT2D eigenvalue weighted by molar-refractivity contribution is -0.00926. The minimum Gasteiger partial charge on any atom is -0.379 e. The zero-order valence-corrected chi connectivity index (χ0v) is 17.4. The lowest BCUT2D eigenvalue weighted by Crippen LogP contribution is -2.55. The maximum absolute atomic E-state index is 12.9. The second-order valence-corrected chi connectivity index (χ2v) is 7.97. The van der Waals surface area contributed by atoms with E-state index in [-0.39, 0.29) is 17.3 Å². The summed E-state index contributed by atoms with van der Waals surface area (Å²) in [6.07, 6.45) is 0. The fraction of sp³-hybridized carbons (Fsp3) is 0.348. The molecule has 7 nitrogen and oxygen atoms in total. The molecular formula is C23H27N5O2. The molecule has 0 radical (unpaired) electrons. The van der Waals surface area contributed by atoms with Crippen LogP contribution in [0.5, 0.6) is 0 Å². The summed E-state index contributed by atoms with van der Waals surface area (Å²) in [4.78, 5) is 19.8. The van der Waals surface area contributed by atoms with E-state index in [1.165, 1.54) is 0 Å². The molecule has 0 bridgehead atoms. The van der Waals surface area contributed by atoms with Crippen LogP contribution in [0.3, 0.4) is 0 Å². The molecule has 1 fully saturated rings. The van der Waals surface area contributed by atoms with E-state index in [0.29, 0.717) is 12.4 Å². The fourth-order valence-electron chi connectivity index (χ4n) is 3.59. The molecule has 2 aromatic carbocycles. The van der Waals surface area contributed by atoms with E-state index in [0.717, 1.165) is 37.6 Å². The number of carbonyl (C=O) groups excluding carboxylic acids is 1. The third-order valence-electron chi connectivity index (χ3n) is 5.39. The van der Waals surface area contributed by atoms with Crippen LogP contribution < -0.4 is 5.32 Å². The van der Waals surface area contributed by atoms with Gasteiger partial charge in [-0.3, -0.25) is 9.69 Å². The minimum atomic E-state index is -0.275. The summed E-state index contributed by atoms with van der Waals surface area (Å²) in [6, 6.07) is 19.5. The summed E-state index contributed by atoms with van der Waals surface area (Å²) in [6.45, 7) is 7.94. The summed E-state index contributed by atoms with van der Waals surface area (Å²) in [5.41, 5.74) is 1.59. The van der Waals surface area contributed by atoms with Crippen molar-refractivity contribution in [1.82, 2.24) is 25.0 Å². The second-order valence-electron chi connectivity index (χ2n) is 7.97. The number of benzene rings is 2. The Morgan fingerprint density at radius 1 is 1.03 bits per heavy atom. The van der Waals surface area contributed by atoms with Crippen molar-refractivity contribution in [3.8, 4) is 17.1 Å². The maximum atomic E-state index is 12.9. The topological polar surface area (TPSA) is 72.3 Å². The van der Waals surface area contributed by atoms with Gasteiger partial charge in [0, 0.05) is 30.7 Å². The molecule has 3 aromatic rings. The van der Waals surface area contributed by atoms with E-state index < -0.39 is 0 Å². The lowest BCUT2D eigenvalue weighted by atomic mass is 10.0. The Bertz CT molecular complexity index is 922. The van der Waals surface area contributed by atoms with Crippen molar-refractivity contribution < 1.29 is 9.53 Å². The molecule has 156 valence electrons. The summed E-state index contributed by atoms with van der Waals surface area (Å²) in [5.74, 6) is 0.526. The van der Waals surface area contributed by atoms with Crippen LogP contribution in [-0.4, -0.2) is 64.0 Å². The van der Waals surface area contributed by atoms with Gasteiger partial charge >= 0.3 is 0 Å². The normalized spacial score (nSPS) is 15.1. The monoisotopic (exact) mass is 405 g/mol. The van der Waals surface area contributed by atoms with Crippen molar-refractivity contribution in [2.45, 2.75) is 19.4 Å². The summed E-state index contributed by atoms with van der Waals surface area (Å²) in [7, 11) is 0. The molecule has 0 atom stereocenters. The van der Waals surface area contributed by atoms with E-state index in [2.05, 4.69) is 34.1 Å². The first-order valence-corrected chi connectivity index (χ1v) is 10.2. The summed E-state index contributed by atoms with van der Waals surface area (Å²) in [5, 5.41) is 7.55. The Morgan fingerprint density at radius 3 is 2.33 bits per heavy atom. The van der Waals surface area contributed by atoms with Crippen LogP contribution in [0.4, 0.5) is 0 Å². The highest BCUT2D eigenvalue weighted by Gasteiger charge is 2.29. The van der Waals surface area contributed by atoms with Crippen molar-refractivity contribution in [3.05, 3.63) is 66.5 Å². The number of para-hydroxylation sites is 1. The molecular weight excluding hydrogens is 378 g/mol. The van der Waals surface area contributed by atoms with Crippen LogP contribution in [0, 0.1) is 0 Å². The molecule has 1 N–H and O–H groups in total. The Kier molecular flexibility index (Phi) is 5.92. The number of ether oxygens (including phenoxy) is 1. The van der Waals surface area contributed by atoms with Gasteiger partial charge in [-0.1, -0.05) is 48.5 Å². The van der Waals surface area contributed by atoms with E-state index >= 15 is 0 Å². The van der Waals surface area contributed by atoms with Crippen molar-refractivity contribution in [2.24, 2.45) is 0 Å². The molecule has 1 aromatic heterocycles. The Morgan fingerprint density at radius 2 is 1.67 bits per heavy atom. The molecule has 0 saturated carbocycles. The number of hydrogen-bond donors (Lipinski definition) is 1. The number of nitrogens with one attached hydrogen (secondary N) is 1. The van der Waals surface area contributed by atoms with Gasteiger partial charge in [-0.05, 0) is 26.0 Å². The summed E-state index contributed by atoms with van der Waals surface area (Å²) >= 11 is 0. The van der Waals surface area contributed by atoms with E-state index in [9.17, 15) is 4.79 Å². The second kappa shape index (κ2) is 8.77. The average Bonchev–Trinajstić information content (AvgIpc) is 3.25.